The third-order valence-corrected chi connectivity index (χ3v) is 5.13. The summed E-state index contributed by atoms with van der Waals surface area (Å²) in [7, 11) is 0. The zero-order chi connectivity index (χ0) is 20.3. The van der Waals surface area contributed by atoms with Gasteiger partial charge in [0.2, 0.25) is 5.91 Å². The van der Waals surface area contributed by atoms with E-state index in [1.54, 1.807) is 6.92 Å². The maximum Gasteiger partial charge on any atom is 0.271 e. The van der Waals surface area contributed by atoms with Gasteiger partial charge in [-0.15, -0.1) is 0 Å². The molecule has 10 heteroatoms. The number of non-ortho nitro benzene ring substituents is 1. The fourth-order valence-corrected chi connectivity index (χ4v) is 3.44. The van der Waals surface area contributed by atoms with E-state index in [4.69, 9.17) is 16.3 Å². The molecule has 3 aromatic rings. The molecule has 0 aliphatic rings. The highest BCUT2D eigenvalue weighted by atomic mass is 35.5. The van der Waals surface area contributed by atoms with Gasteiger partial charge >= 0.3 is 0 Å². The largest absolute Gasteiger partial charge is 0.494 e. The summed E-state index contributed by atoms with van der Waals surface area (Å²) in [5, 5.41) is 13.8. The molecular weight excluding hydrogens is 404 g/mol. The van der Waals surface area contributed by atoms with Gasteiger partial charge in [-0.2, -0.15) is 0 Å². The van der Waals surface area contributed by atoms with Gasteiger partial charge in [-0.3, -0.25) is 14.9 Å². The minimum absolute atomic E-state index is 0.151. The summed E-state index contributed by atoms with van der Waals surface area (Å²) >= 11 is 7.27. The number of amides is 1. The lowest BCUT2D eigenvalue weighted by molar-refractivity contribution is -0.384. The van der Waals surface area contributed by atoms with Crippen LogP contribution in [0.25, 0.3) is 11.0 Å². The first kappa shape index (κ1) is 20.0. The highest BCUT2D eigenvalue weighted by molar-refractivity contribution is 8.00. The van der Waals surface area contributed by atoms with E-state index in [2.05, 4.69) is 15.3 Å². The van der Waals surface area contributed by atoms with Gasteiger partial charge in [-0.05, 0) is 32.0 Å². The molecule has 1 amide bonds. The molecule has 1 heterocycles. The number of nitro benzene ring substituents is 1. The molecule has 2 N–H and O–H groups in total. The highest BCUT2D eigenvalue weighted by Gasteiger charge is 2.19. The molecule has 8 nitrogen and oxygen atoms in total. The van der Waals surface area contributed by atoms with Crippen LogP contribution in [0.15, 0.2) is 41.6 Å². The molecule has 0 saturated heterocycles. The van der Waals surface area contributed by atoms with Crippen LogP contribution in [0.3, 0.4) is 0 Å². The van der Waals surface area contributed by atoms with Crippen LogP contribution >= 0.6 is 23.4 Å². The number of aromatic amines is 1. The normalized spacial score (nSPS) is 12.0. The van der Waals surface area contributed by atoms with E-state index in [9.17, 15) is 14.9 Å². The molecule has 0 bridgehead atoms. The second-order valence-corrected chi connectivity index (χ2v) is 7.56. The van der Waals surface area contributed by atoms with Crippen molar-refractivity contribution < 1.29 is 14.5 Å². The number of imidazole rings is 1. The maximum absolute atomic E-state index is 12.5. The summed E-state index contributed by atoms with van der Waals surface area (Å²) in [5.74, 6) is 0.393. The first-order valence-electron chi connectivity index (χ1n) is 8.41. The number of anilines is 1. The second-order valence-electron chi connectivity index (χ2n) is 5.82. The fourth-order valence-electron chi connectivity index (χ4n) is 2.46. The van der Waals surface area contributed by atoms with Crippen LogP contribution in [0, 0.1) is 10.1 Å². The van der Waals surface area contributed by atoms with Crippen molar-refractivity contribution in [3.05, 3.63) is 51.5 Å². The Morgan fingerprint density at radius 3 is 2.89 bits per heavy atom. The first-order chi connectivity index (χ1) is 13.4. The summed E-state index contributed by atoms with van der Waals surface area (Å²) in [5.41, 5.74) is 1.62. The van der Waals surface area contributed by atoms with Crippen LogP contribution in [-0.2, 0) is 4.79 Å². The molecule has 0 aliphatic carbocycles. The number of rotatable bonds is 7. The predicted octanol–water partition coefficient (Wildman–Crippen LogP) is 4.64. The molecule has 146 valence electrons. The van der Waals surface area contributed by atoms with Crippen molar-refractivity contribution in [3.8, 4) is 5.75 Å². The summed E-state index contributed by atoms with van der Waals surface area (Å²) in [6, 6.07) is 9.41. The number of thioether (sulfide) groups is 1. The topological polar surface area (TPSA) is 110 Å². The number of H-pyrrole nitrogens is 1. The molecule has 0 radical (unpaired) electrons. The van der Waals surface area contributed by atoms with Crippen molar-refractivity contribution in [3.63, 3.8) is 0 Å². The number of hydrogen-bond acceptors (Lipinski definition) is 6. The van der Waals surface area contributed by atoms with Gasteiger partial charge < -0.3 is 15.0 Å². The summed E-state index contributed by atoms with van der Waals surface area (Å²) in [6.07, 6.45) is 0. The van der Waals surface area contributed by atoms with Gasteiger partial charge in [0.05, 0.1) is 38.5 Å². The molecule has 1 unspecified atom stereocenters. The number of benzene rings is 2. The number of nitrogens with zero attached hydrogens (tertiary/aromatic N) is 2. The molecule has 0 saturated carbocycles. The summed E-state index contributed by atoms with van der Waals surface area (Å²) in [4.78, 5) is 30.4. The number of ether oxygens (including phenoxy) is 1. The molecule has 2 aromatic carbocycles. The first-order valence-corrected chi connectivity index (χ1v) is 9.67. The molecular formula is C18H17ClN4O4S. The minimum atomic E-state index is -0.547. The van der Waals surface area contributed by atoms with Gasteiger partial charge in [-0.25, -0.2) is 4.98 Å². The van der Waals surface area contributed by atoms with Gasteiger partial charge in [-0.1, -0.05) is 23.4 Å². The third-order valence-electron chi connectivity index (χ3n) is 3.82. The minimum Gasteiger partial charge on any atom is -0.494 e. The lowest BCUT2D eigenvalue weighted by atomic mass is 10.2. The number of nitrogens with one attached hydrogen (secondary N) is 2. The maximum atomic E-state index is 12.5. The fraction of sp³-hybridized carbons (Fsp3) is 0.222. The van der Waals surface area contributed by atoms with Gasteiger partial charge in [0, 0.05) is 18.2 Å². The number of carbonyl (C=O) groups is 1. The van der Waals surface area contributed by atoms with E-state index < -0.39 is 10.2 Å². The Hall–Kier alpha value is -2.78. The van der Waals surface area contributed by atoms with E-state index >= 15 is 0 Å². The Balaban J connectivity index is 1.71. The predicted molar refractivity (Wildman–Crippen MR) is 109 cm³/mol. The SMILES string of the molecule is CCOc1ccc2nc(SC(C)C(=O)Nc3cc([N+](=O)[O-])ccc3Cl)[nH]c2c1. The molecule has 1 aromatic heterocycles. The molecule has 3 rings (SSSR count). The average Bonchev–Trinajstić information content (AvgIpc) is 3.05. The van der Waals surface area contributed by atoms with Gasteiger partial charge in [0.15, 0.2) is 5.16 Å². The Bertz CT molecular complexity index is 1040. The Morgan fingerprint density at radius 1 is 1.39 bits per heavy atom. The van der Waals surface area contributed by atoms with Crippen molar-refractivity contribution in [1.82, 2.24) is 9.97 Å². The van der Waals surface area contributed by atoms with E-state index in [1.165, 1.54) is 30.0 Å². The average molecular weight is 421 g/mol. The van der Waals surface area contributed by atoms with Crippen LogP contribution in [0.2, 0.25) is 5.02 Å². The van der Waals surface area contributed by atoms with Crippen LogP contribution in [0.1, 0.15) is 13.8 Å². The Kier molecular flexibility index (Phi) is 6.05. The van der Waals surface area contributed by atoms with Crippen molar-refractivity contribution in [2.24, 2.45) is 0 Å². The van der Waals surface area contributed by atoms with Crippen LogP contribution in [0.4, 0.5) is 11.4 Å². The molecule has 0 spiro atoms. The standard InChI is InChI=1S/C18H17ClN4O4S/c1-3-27-12-5-7-14-16(9-12)22-18(21-14)28-10(2)17(24)20-15-8-11(23(25)26)4-6-13(15)19/h4-10H,3H2,1-2H3,(H,20,24)(H,21,22). The van der Waals surface area contributed by atoms with Crippen LogP contribution < -0.4 is 10.1 Å². The zero-order valence-corrected chi connectivity index (χ0v) is 16.6. The monoisotopic (exact) mass is 420 g/mol. The number of aromatic nitrogens is 2. The van der Waals surface area contributed by atoms with E-state index in [-0.39, 0.29) is 22.3 Å². The smallest absolute Gasteiger partial charge is 0.271 e. The van der Waals surface area contributed by atoms with E-state index in [0.717, 1.165) is 16.8 Å². The van der Waals surface area contributed by atoms with Crippen molar-refractivity contribution in [1.29, 1.82) is 0 Å². The Labute approximate surface area is 169 Å². The van der Waals surface area contributed by atoms with E-state index in [1.807, 2.05) is 25.1 Å². The Morgan fingerprint density at radius 2 is 2.18 bits per heavy atom. The quantitative estimate of drug-likeness (QED) is 0.327. The van der Waals surface area contributed by atoms with Gasteiger partial charge in [0.25, 0.3) is 5.69 Å². The van der Waals surface area contributed by atoms with Gasteiger partial charge in [0.1, 0.15) is 5.75 Å². The number of halogens is 1. The van der Waals surface area contributed by atoms with Crippen molar-refractivity contribution >= 4 is 51.7 Å². The van der Waals surface area contributed by atoms with E-state index in [0.29, 0.717) is 11.8 Å². The summed E-state index contributed by atoms with van der Waals surface area (Å²) < 4.78 is 5.47. The number of fused-ring (bicyclic) bond motifs is 1. The highest BCUT2D eigenvalue weighted by Crippen LogP contribution is 2.29. The third kappa shape index (κ3) is 4.55. The number of carbonyl (C=O) groups excluding carboxylic acids is 1. The second kappa shape index (κ2) is 8.49. The molecule has 1 atom stereocenters. The number of hydrogen-bond donors (Lipinski definition) is 2. The molecule has 0 fully saturated rings. The summed E-state index contributed by atoms with van der Waals surface area (Å²) in [6.45, 7) is 4.19. The molecule has 28 heavy (non-hydrogen) atoms. The zero-order valence-electron chi connectivity index (χ0n) is 15.1. The van der Waals surface area contributed by atoms with Crippen LogP contribution in [-0.4, -0.2) is 32.7 Å². The van der Waals surface area contributed by atoms with Crippen molar-refractivity contribution in [2.45, 2.75) is 24.3 Å². The lowest BCUT2D eigenvalue weighted by Crippen LogP contribution is -2.22. The van der Waals surface area contributed by atoms with Crippen LogP contribution in [0.5, 0.6) is 5.75 Å². The lowest BCUT2D eigenvalue weighted by Gasteiger charge is -2.11. The molecule has 0 aliphatic heterocycles. The van der Waals surface area contributed by atoms with Crippen molar-refractivity contribution in [2.75, 3.05) is 11.9 Å². The number of nitro groups is 1.